The molecule has 1 aromatic carbocycles. The quantitative estimate of drug-likeness (QED) is 0.748. The van der Waals surface area contributed by atoms with E-state index in [0.717, 1.165) is 37.1 Å². The van der Waals surface area contributed by atoms with Crippen molar-refractivity contribution < 1.29 is 0 Å². The van der Waals surface area contributed by atoms with Crippen LogP contribution in [0.3, 0.4) is 0 Å². The topological polar surface area (TPSA) is 15.3 Å². The predicted molar refractivity (Wildman–Crippen MR) is 93.2 cm³/mol. The van der Waals surface area contributed by atoms with Gasteiger partial charge in [0.15, 0.2) is 0 Å². The number of anilines is 1. The van der Waals surface area contributed by atoms with Crippen molar-refractivity contribution in [3.05, 3.63) is 28.8 Å². The van der Waals surface area contributed by atoms with E-state index >= 15 is 0 Å². The summed E-state index contributed by atoms with van der Waals surface area (Å²) >= 11 is 6.52. The minimum Gasteiger partial charge on any atom is -0.370 e. The van der Waals surface area contributed by atoms with E-state index in [-0.39, 0.29) is 0 Å². The van der Waals surface area contributed by atoms with Crippen LogP contribution in [-0.4, -0.2) is 19.6 Å². The highest BCUT2D eigenvalue weighted by Gasteiger charge is 2.22. The van der Waals surface area contributed by atoms with Crippen LogP contribution in [0.1, 0.15) is 45.6 Å². The van der Waals surface area contributed by atoms with Crippen LogP contribution in [0.15, 0.2) is 18.2 Å². The molecule has 0 atom stereocenters. The molecule has 0 bridgehead atoms. The summed E-state index contributed by atoms with van der Waals surface area (Å²) in [7, 11) is 0. The van der Waals surface area contributed by atoms with Gasteiger partial charge in [-0.15, -0.1) is 0 Å². The predicted octanol–water partition coefficient (Wildman–Crippen LogP) is 4.71. The van der Waals surface area contributed by atoms with Gasteiger partial charge in [0.05, 0.1) is 10.7 Å². The van der Waals surface area contributed by atoms with Crippen molar-refractivity contribution in [1.29, 1.82) is 0 Å². The third kappa shape index (κ3) is 4.62. The van der Waals surface area contributed by atoms with Crippen molar-refractivity contribution in [1.82, 2.24) is 5.32 Å². The normalized spacial score (nSPS) is 15.3. The lowest BCUT2D eigenvalue weighted by Gasteiger charge is -2.34. The summed E-state index contributed by atoms with van der Waals surface area (Å²) in [4.78, 5) is 2.47. The number of benzene rings is 1. The maximum Gasteiger partial charge on any atom is 0.0642 e. The molecule has 0 aliphatic heterocycles. The number of nitrogens with zero attached hydrogens (tertiary/aromatic N) is 1. The van der Waals surface area contributed by atoms with Gasteiger partial charge in [-0.25, -0.2) is 0 Å². The van der Waals surface area contributed by atoms with Gasteiger partial charge in [0.25, 0.3) is 0 Å². The molecule has 2 nitrogen and oxygen atoms in total. The third-order valence-corrected chi connectivity index (χ3v) is 4.64. The lowest BCUT2D eigenvalue weighted by Crippen LogP contribution is -2.33. The first-order valence-corrected chi connectivity index (χ1v) is 8.72. The van der Waals surface area contributed by atoms with Gasteiger partial charge in [0.2, 0.25) is 0 Å². The molecule has 0 aromatic heterocycles. The Morgan fingerprint density at radius 2 is 2.10 bits per heavy atom. The summed E-state index contributed by atoms with van der Waals surface area (Å²) in [5.74, 6) is 1.53. The minimum atomic E-state index is 0.671. The molecule has 21 heavy (non-hydrogen) atoms. The van der Waals surface area contributed by atoms with E-state index in [1.807, 2.05) is 6.07 Å². The second-order valence-corrected chi connectivity index (χ2v) is 7.02. The maximum absolute atomic E-state index is 6.52. The molecule has 118 valence electrons. The largest absolute Gasteiger partial charge is 0.370 e. The third-order valence-electron chi connectivity index (χ3n) is 4.34. The SMILES string of the molecule is CCN(CC1CCC1)c1c(Cl)cccc1CNCC(C)C. The van der Waals surface area contributed by atoms with Gasteiger partial charge in [0.1, 0.15) is 0 Å². The first-order valence-electron chi connectivity index (χ1n) is 8.34. The van der Waals surface area contributed by atoms with E-state index < -0.39 is 0 Å². The van der Waals surface area contributed by atoms with Crippen LogP contribution in [0.5, 0.6) is 0 Å². The number of nitrogens with one attached hydrogen (secondary N) is 1. The van der Waals surface area contributed by atoms with Crippen molar-refractivity contribution >= 4 is 17.3 Å². The van der Waals surface area contributed by atoms with Crippen molar-refractivity contribution in [2.45, 2.75) is 46.6 Å². The molecule has 1 aliphatic carbocycles. The van der Waals surface area contributed by atoms with Gasteiger partial charge in [-0.3, -0.25) is 0 Å². The van der Waals surface area contributed by atoms with Gasteiger partial charge in [-0.1, -0.05) is 44.0 Å². The average molecular weight is 309 g/mol. The molecular weight excluding hydrogens is 280 g/mol. The maximum atomic E-state index is 6.52. The fourth-order valence-corrected chi connectivity index (χ4v) is 3.23. The Balaban J connectivity index is 2.10. The smallest absolute Gasteiger partial charge is 0.0642 e. The molecule has 1 N–H and O–H groups in total. The molecule has 1 aliphatic rings. The summed E-state index contributed by atoms with van der Waals surface area (Å²) in [6.45, 7) is 10.8. The Bertz CT molecular complexity index is 441. The molecule has 1 aromatic rings. The zero-order valence-electron chi connectivity index (χ0n) is 13.7. The zero-order chi connectivity index (χ0) is 15.2. The standard InChI is InChI=1S/C18H29ClN2/c1-4-21(13-15-7-5-8-15)18-16(9-6-10-17(18)19)12-20-11-14(2)3/h6,9-10,14-15,20H,4-5,7-8,11-13H2,1-3H3. The van der Waals surface area contributed by atoms with E-state index in [9.17, 15) is 0 Å². The first kappa shape index (κ1) is 16.6. The first-order chi connectivity index (χ1) is 10.1. The van der Waals surface area contributed by atoms with E-state index in [2.05, 4.69) is 43.1 Å². The van der Waals surface area contributed by atoms with Gasteiger partial charge < -0.3 is 10.2 Å². The molecule has 1 saturated carbocycles. The number of hydrogen-bond donors (Lipinski definition) is 1. The molecule has 3 heteroatoms. The Hall–Kier alpha value is -0.730. The second kappa shape index (κ2) is 8.05. The van der Waals surface area contributed by atoms with Crippen LogP contribution in [-0.2, 0) is 6.54 Å². The second-order valence-electron chi connectivity index (χ2n) is 6.61. The minimum absolute atomic E-state index is 0.671. The Labute approximate surface area is 134 Å². The summed E-state index contributed by atoms with van der Waals surface area (Å²) in [6.07, 6.45) is 4.15. The van der Waals surface area contributed by atoms with Crippen molar-refractivity contribution in [2.75, 3.05) is 24.5 Å². The number of rotatable bonds is 8. The Kier molecular flexibility index (Phi) is 6.38. The summed E-state index contributed by atoms with van der Waals surface area (Å²) in [6, 6.07) is 6.29. The van der Waals surface area contributed by atoms with Crippen LogP contribution in [0, 0.1) is 11.8 Å². The molecule has 0 unspecified atom stereocenters. The van der Waals surface area contributed by atoms with E-state index in [4.69, 9.17) is 11.6 Å². The van der Waals surface area contributed by atoms with Gasteiger partial charge in [0, 0.05) is 19.6 Å². The van der Waals surface area contributed by atoms with Gasteiger partial charge in [-0.2, -0.15) is 0 Å². The van der Waals surface area contributed by atoms with Crippen LogP contribution >= 0.6 is 11.6 Å². The Morgan fingerprint density at radius 1 is 1.33 bits per heavy atom. The lowest BCUT2D eigenvalue weighted by atomic mass is 9.85. The average Bonchev–Trinajstić information content (AvgIpc) is 2.39. The molecule has 1 fully saturated rings. The molecule has 2 rings (SSSR count). The summed E-state index contributed by atoms with van der Waals surface area (Å²) in [5.41, 5.74) is 2.56. The highest BCUT2D eigenvalue weighted by molar-refractivity contribution is 6.33. The molecule has 0 heterocycles. The van der Waals surface area contributed by atoms with E-state index in [1.165, 1.54) is 30.5 Å². The van der Waals surface area contributed by atoms with Gasteiger partial charge >= 0.3 is 0 Å². The van der Waals surface area contributed by atoms with Crippen LogP contribution in [0.2, 0.25) is 5.02 Å². The summed E-state index contributed by atoms with van der Waals surface area (Å²) < 4.78 is 0. The van der Waals surface area contributed by atoms with Gasteiger partial charge in [-0.05, 0) is 49.8 Å². The molecule has 0 spiro atoms. The zero-order valence-corrected chi connectivity index (χ0v) is 14.4. The molecular formula is C18H29ClN2. The number of hydrogen-bond acceptors (Lipinski definition) is 2. The fourth-order valence-electron chi connectivity index (χ4n) is 2.92. The highest BCUT2D eigenvalue weighted by Crippen LogP contribution is 2.34. The van der Waals surface area contributed by atoms with Crippen molar-refractivity contribution in [3.8, 4) is 0 Å². The Morgan fingerprint density at radius 3 is 2.67 bits per heavy atom. The molecule has 0 amide bonds. The van der Waals surface area contributed by atoms with Crippen molar-refractivity contribution in [2.24, 2.45) is 11.8 Å². The van der Waals surface area contributed by atoms with Crippen molar-refractivity contribution in [3.63, 3.8) is 0 Å². The number of halogens is 1. The fraction of sp³-hybridized carbons (Fsp3) is 0.667. The highest BCUT2D eigenvalue weighted by atomic mass is 35.5. The van der Waals surface area contributed by atoms with E-state index in [1.54, 1.807) is 0 Å². The number of para-hydroxylation sites is 1. The molecule has 0 saturated heterocycles. The van der Waals surface area contributed by atoms with E-state index in [0.29, 0.717) is 5.92 Å². The lowest BCUT2D eigenvalue weighted by molar-refractivity contribution is 0.318. The molecule has 0 radical (unpaired) electrons. The van der Waals surface area contributed by atoms with Crippen LogP contribution < -0.4 is 10.2 Å². The van der Waals surface area contributed by atoms with Crippen LogP contribution in [0.4, 0.5) is 5.69 Å². The monoisotopic (exact) mass is 308 g/mol. The summed E-state index contributed by atoms with van der Waals surface area (Å²) in [5, 5.41) is 4.43. The van der Waals surface area contributed by atoms with Crippen LogP contribution in [0.25, 0.3) is 0 Å².